The van der Waals surface area contributed by atoms with Gasteiger partial charge in [-0.15, -0.1) is 0 Å². The summed E-state index contributed by atoms with van der Waals surface area (Å²) in [5, 5.41) is 12.0. The van der Waals surface area contributed by atoms with E-state index in [0.29, 0.717) is 0 Å². The number of fused-ring (bicyclic) bond motifs is 7. The predicted molar refractivity (Wildman–Crippen MR) is 304 cm³/mol. The Kier molecular flexibility index (Phi) is 9.65. The van der Waals surface area contributed by atoms with Crippen LogP contribution in [0, 0.1) is 0 Å². The lowest BCUT2D eigenvalue weighted by Gasteiger charge is -2.43. The van der Waals surface area contributed by atoms with E-state index in [2.05, 4.69) is 288 Å². The number of para-hydroxylation sites is 4. The second kappa shape index (κ2) is 16.7. The summed E-state index contributed by atoms with van der Waals surface area (Å²) in [5.74, 6) is 0. The second-order valence-corrected chi connectivity index (χ2v) is 22.7. The first kappa shape index (κ1) is 41.1. The minimum atomic E-state index is -2.77. The molecule has 0 radical (unpaired) electrons. The van der Waals surface area contributed by atoms with Crippen LogP contribution in [-0.4, -0.2) is 19.5 Å². The average Bonchev–Trinajstić information content (AvgIpc) is 3.79. The quantitative estimate of drug-likeness (QED) is 0.121. The largest absolute Gasteiger partial charge is 0.376 e. The third kappa shape index (κ3) is 6.51. The maximum absolute atomic E-state index is 4.05. The number of nitrogens with zero attached hydrogens (tertiary/aromatic N) is 2. The van der Waals surface area contributed by atoms with E-state index in [1.54, 1.807) is 0 Å². The number of aromatic nitrogens is 1. The van der Waals surface area contributed by atoms with E-state index in [1.165, 1.54) is 92.5 Å². The molecule has 3 heterocycles. The van der Waals surface area contributed by atoms with E-state index < -0.39 is 8.07 Å². The number of hydrogen-bond donors (Lipinski definition) is 1. The molecule has 0 saturated carbocycles. The smallest absolute Gasteiger partial charge is 0.333 e. The van der Waals surface area contributed by atoms with E-state index in [4.69, 9.17) is 0 Å². The molecule has 71 heavy (non-hydrogen) atoms. The van der Waals surface area contributed by atoms with Crippen LogP contribution in [0.25, 0.3) is 60.9 Å². The number of hydrogen-bond acceptors (Lipinski definition) is 2. The zero-order valence-corrected chi connectivity index (χ0v) is 40.0. The molecule has 2 aliphatic rings. The van der Waals surface area contributed by atoms with Crippen molar-refractivity contribution in [1.82, 2.24) is 4.57 Å². The van der Waals surface area contributed by atoms with Crippen LogP contribution in [0.3, 0.4) is 0 Å². The minimum absolute atomic E-state index is 0.0938. The lowest BCUT2D eigenvalue weighted by Crippen LogP contribution is -2.74. The lowest BCUT2D eigenvalue weighted by molar-refractivity contribution is 1.18. The summed E-state index contributed by atoms with van der Waals surface area (Å²) in [6.07, 6.45) is 0. The summed E-state index contributed by atoms with van der Waals surface area (Å²) in [5.41, 5.74) is 17.9. The Balaban J connectivity index is 0.947. The van der Waals surface area contributed by atoms with Crippen LogP contribution in [0.1, 0.15) is 0 Å². The third-order valence-corrected chi connectivity index (χ3v) is 19.9. The van der Waals surface area contributed by atoms with Crippen LogP contribution >= 0.6 is 0 Å². The van der Waals surface area contributed by atoms with Crippen LogP contribution in [0.15, 0.2) is 273 Å². The zero-order chi connectivity index (χ0) is 46.9. The third-order valence-electron chi connectivity index (χ3n) is 15.1. The first-order valence-electron chi connectivity index (χ1n) is 24.6. The Morgan fingerprint density at radius 1 is 0.338 bits per heavy atom. The molecule has 14 rings (SSSR count). The first-order chi connectivity index (χ1) is 35.2. The topological polar surface area (TPSA) is 20.2 Å². The van der Waals surface area contributed by atoms with Gasteiger partial charge in [-0.05, 0) is 120 Å². The van der Waals surface area contributed by atoms with Crippen molar-refractivity contribution in [3.63, 3.8) is 0 Å². The van der Waals surface area contributed by atoms with E-state index in [-0.39, 0.29) is 6.85 Å². The molecule has 5 heteroatoms. The van der Waals surface area contributed by atoms with Crippen molar-refractivity contribution in [1.29, 1.82) is 0 Å². The zero-order valence-electron chi connectivity index (χ0n) is 39.0. The van der Waals surface area contributed by atoms with Crippen LogP contribution in [0.4, 0.5) is 22.7 Å². The highest BCUT2D eigenvalue weighted by Crippen LogP contribution is 2.45. The number of benzene rings is 11. The molecule has 0 saturated heterocycles. The highest BCUT2D eigenvalue weighted by atomic mass is 28.3. The molecule has 12 aromatic rings. The van der Waals surface area contributed by atoms with Gasteiger partial charge >= 0.3 is 6.85 Å². The van der Waals surface area contributed by atoms with Crippen molar-refractivity contribution < 1.29 is 0 Å². The van der Waals surface area contributed by atoms with Crippen LogP contribution in [0.2, 0.25) is 0 Å². The van der Waals surface area contributed by atoms with Crippen LogP contribution < -0.4 is 41.8 Å². The van der Waals surface area contributed by atoms with E-state index in [0.717, 1.165) is 22.7 Å². The summed E-state index contributed by atoms with van der Waals surface area (Å²) in [6.45, 7) is -0.0938. The Morgan fingerprint density at radius 3 is 1.52 bits per heavy atom. The highest BCUT2D eigenvalue weighted by molar-refractivity contribution is 7.20. The molecule has 1 N–H and O–H groups in total. The Hall–Kier alpha value is -8.90. The summed E-state index contributed by atoms with van der Waals surface area (Å²) >= 11 is 0. The van der Waals surface area contributed by atoms with Gasteiger partial charge in [-0.2, -0.15) is 0 Å². The molecule has 0 fully saturated rings. The van der Waals surface area contributed by atoms with Gasteiger partial charge < -0.3 is 14.7 Å². The van der Waals surface area contributed by atoms with Gasteiger partial charge in [-0.25, -0.2) is 0 Å². The average molecular weight is 920 g/mol. The van der Waals surface area contributed by atoms with Crippen molar-refractivity contribution in [3.05, 3.63) is 273 Å². The fourth-order valence-corrected chi connectivity index (χ4v) is 16.8. The molecule has 0 bridgehead atoms. The SMILES string of the molecule is c1ccc(N2B3c4cc(-c5cccc(-n6c7ccccc7c7ccccc76)c5)ccc4Nc4cc(-c5cccc([Si](c6ccccc6)(c6ccccc6)c6ccccc6)c5)cc(c43)-c3ccccc32)cc1. The second-order valence-electron chi connectivity index (χ2n) is 18.9. The molecule has 0 aliphatic carbocycles. The number of rotatable bonds is 8. The standard InChI is InChI=1S/C66H46BN3Si/c1-5-23-50(24-6-1)70-65-38-18-15-35-58(65)59-43-49(47-22-20-32-55(42-47)71(52-26-7-2-8-27-52,53-28-9-3-10-29-53)54-30-11-4-12-31-54)45-62-66(59)67(70)60-44-48(39-40-61(60)68-62)46-21-19-25-51(41-46)69-63-36-16-13-33-56(63)57-34-14-17-37-64(57)69/h1-45,68H. The molecule has 2 aliphatic heterocycles. The van der Waals surface area contributed by atoms with Crippen molar-refractivity contribution in [2.24, 2.45) is 0 Å². The molecule has 1 aromatic heterocycles. The molecular formula is C66H46BN3Si. The van der Waals surface area contributed by atoms with Gasteiger partial charge in [0.1, 0.15) is 0 Å². The predicted octanol–water partition coefficient (Wildman–Crippen LogP) is 12.5. The summed E-state index contributed by atoms with van der Waals surface area (Å²) in [4.78, 5) is 2.57. The van der Waals surface area contributed by atoms with Crippen LogP contribution in [-0.2, 0) is 0 Å². The Morgan fingerprint density at radius 2 is 0.859 bits per heavy atom. The summed E-state index contributed by atoms with van der Waals surface area (Å²) < 4.78 is 2.41. The molecule has 0 unspecified atom stereocenters. The molecule has 332 valence electrons. The lowest BCUT2D eigenvalue weighted by atomic mass is 9.43. The molecular weight excluding hydrogens is 874 g/mol. The van der Waals surface area contributed by atoms with Gasteiger partial charge in [-0.1, -0.05) is 212 Å². The fraction of sp³-hybridized carbons (Fsp3) is 0. The van der Waals surface area contributed by atoms with Gasteiger partial charge in [0.2, 0.25) is 0 Å². The summed E-state index contributed by atoms with van der Waals surface area (Å²) in [6, 6.07) is 101. The maximum atomic E-state index is 4.05. The summed E-state index contributed by atoms with van der Waals surface area (Å²) in [7, 11) is -2.77. The van der Waals surface area contributed by atoms with Crippen LogP contribution in [0.5, 0.6) is 0 Å². The molecule has 3 nitrogen and oxygen atoms in total. The number of anilines is 4. The first-order valence-corrected chi connectivity index (χ1v) is 26.6. The van der Waals surface area contributed by atoms with Gasteiger partial charge in [0.05, 0.1) is 11.0 Å². The normalized spacial score (nSPS) is 12.6. The molecule has 0 spiro atoms. The van der Waals surface area contributed by atoms with Gasteiger partial charge in [0.25, 0.3) is 0 Å². The fourth-order valence-electron chi connectivity index (χ4n) is 12.0. The van der Waals surface area contributed by atoms with Crippen molar-refractivity contribution in [3.8, 4) is 39.1 Å². The van der Waals surface area contributed by atoms with Crippen molar-refractivity contribution in [2.45, 2.75) is 0 Å². The van der Waals surface area contributed by atoms with Gasteiger partial charge in [-0.3, -0.25) is 0 Å². The minimum Gasteiger partial charge on any atom is -0.376 e. The van der Waals surface area contributed by atoms with Crippen molar-refractivity contribution in [2.75, 3.05) is 10.1 Å². The Labute approximate surface area is 415 Å². The van der Waals surface area contributed by atoms with Crippen molar-refractivity contribution >= 4 is 91.1 Å². The van der Waals surface area contributed by atoms with E-state index in [9.17, 15) is 0 Å². The molecule has 11 aromatic carbocycles. The number of nitrogens with one attached hydrogen (secondary N) is 1. The Bertz CT molecular complexity index is 3830. The van der Waals surface area contributed by atoms with Gasteiger partial charge in [0.15, 0.2) is 8.07 Å². The van der Waals surface area contributed by atoms with E-state index >= 15 is 0 Å². The van der Waals surface area contributed by atoms with E-state index in [1.807, 2.05) is 0 Å². The molecule has 0 atom stereocenters. The highest BCUT2D eigenvalue weighted by Gasteiger charge is 2.44. The van der Waals surface area contributed by atoms with Gasteiger partial charge in [0, 0.05) is 44.8 Å². The molecule has 0 amide bonds. The maximum Gasteiger partial charge on any atom is 0.333 e. The monoisotopic (exact) mass is 919 g/mol.